The number of benzene rings is 2. The predicted octanol–water partition coefficient (Wildman–Crippen LogP) is 4.04. The highest BCUT2D eigenvalue weighted by Crippen LogP contribution is 2.46. The molecule has 6 heteroatoms. The molecule has 0 unspecified atom stereocenters. The lowest BCUT2D eigenvalue weighted by atomic mass is 10.1. The molecular formula is C21H28O6. The van der Waals surface area contributed by atoms with Crippen molar-refractivity contribution in [3.8, 4) is 23.0 Å². The van der Waals surface area contributed by atoms with E-state index in [1.807, 2.05) is 44.2 Å². The lowest BCUT2D eigenvalue weighted by Gasteiger charge is -2.16. The fraction of sp³-hybridized carbons (Fsp3) is 0.381. The van der Waals surface area contributed by atoms with Gasteiger partial charge in [-0.15, -0.1) is 0 Å². The lowest BCUT2D eigenvalue weighted by molar-refractivity contribution is -0.136. The highest BCUT2D eigenvalue weighted by atomic mass is 16.5. The second-order valence-corrected chi connectivity index (χ2v) is 5.87. The molecule has 2 rings (SSSR count). The zero-order valence-electron chi connectivity index (χ0n) is 16.8. The largest absolute Gasteiger partial charge is 0.493 e. The van der Waals surface area contributed by atoms with Gasteiger partial charge in [0.05, 0.1) is 28.4 Å². The number of aryl methyl sites for hydroxylation is 3. The van der Waals surface area contributed by atoms with Gasteiger partial charge in [-0.3, -0.25) is 4.79 Å². The van der Waals surface area contributed by atoms with E-state index in [1.165, 1.54) is 5.56 Å². The van der Waals surface area contributed by atoms with Crippen LogP contribution in [0.25, 0.3) is 0 Å². The van der Waals surface area contributed by atoms with Crippen LogP contribution >= 0.6 is 0 Å². The van der Waals surface area contributed by atoms with Gasteiger partial charge in [0.15, 0.2) is 11.5 Å². The van der Waals surface area contributed by atoms with Gasteiger partial charge in [0.25, 0.3) is 0 Å². The quantitative estimate of drug-likeness (QED) is 0.786. The molecule has 0 aliphatic rings. The molecule has 0 aliphatic carbocycles. The van der Waals surface area contributed by atoms with Crippen LogP contribution in [0.1, 0.15) is 23.1 Å². The van der Waals surface area contributed by atoms with E-state index in [0.29, 0.717) is 29.4 Å². The third-order valence-electron chi connectivity index (χ3n) is 3.92. The number of carboxylic acid groups (broad SMARTS) is 1. The third-order valence-corrected chi connectivity index (χ3v) is 3.92. The van der Waals surface area contributed by atoms with Crippen molar-refractivity contribution in [2.24, 2.45) is 0 Å². The maximum absolute atomic E-state index is 10.2. The van der Waals surface area contributed by atoms with Crippen molar-refractivity contribution in [1.29, 1.82) is 0 Å². The van der Waals surface area contributed by atoms with Crippen molar-refractivity contribution in [2.45, 2.75) is 26.7 Å². The summed E-state index contributed by atoms with van der Waals surface area (Å²) in [6.07, 6.45) is 0.832. The molecule has 2 aromatic rings. The van der Waals surface area contributed by atoms with Gasteiger partial charge in [-0.1, -0.05) is 29.8 Å². The van der Waals surface area contributed by atoms with Gasteiger partial charge in [0.1, 0.15) is 0 Å². The highest BCUT2D eigenvalue weighted by molar-refractivity contribution is 5.67. The average Bonchev–Trinajstić information content (AvgIpc) is 2.66. The first-order valence-corrected chi connectivity index (χ1v) is 8.48. The van der Waals surface area contributed by atoms with Crippen molar-refractivity contribution in [1.82, 2.24) is 0 Å². The minimum Gasteiger partial charge on any atom is -0.493 e. The molecule has 1 N–H and O–H groups in total. The number of carbonyl (C=O) groups is 1. The lowest BCUT2D eigenvalue weighted by Crippen LogP contribution is -1.99. The maximum atomic E-state index is 10.2. The van der Waals surface area contributed by atoms with Gasteiger partial charge in [-0.2, -0.15) is 0 Å². The first-order valence-electron chi connectivity index (χ1n) is 8.48. The molecule has 0 saturated heterocycles. The van der Waals surface area contributed by atoms with E-state index in [4.69, 9.17) is 24.1 Å². The Balaban J connectivity index is 0.000000277. The van der Waals surface area contributed by atoms with E-state index < -0.39 is 5.97 Å². The number of methoxy groups -OCH3 is 4. The Bertz CT molecular complexity index is 737. The topological polar surface area (TPSA) is 74.2 Å². The molecular weight excluding hydrogens is 348 g/mol. The molecule has 148 valence electrons. The number of hydrogen-bond donors (Lipinski definition) is 1. The van der Waals surface area contributed by atoms with Crippen LogP contribution in [0.4, 0.5) is 0 Å². The van der Waals surface area contributed by atoms with Crippen LogP contribution < -0.4 is 18.9 Å². The number of hydrogen-bond acceptors (Lipinski definition) is 5. The van der Waals surface area contributed by atoms with Crippen LogP contribution in [-0.2, 0) is 11.2 Å². The van der Waals surface area contributed by atoms with Gasteiger partial charge >= 0.3 is 5.97 Å². The van der Waals surface area contributed by atoms with Crippen LogP contribution in [-0.4, -0.2) is 39.5 Å². The summed E-state index contributed by atoms with van der Waals surface area (Å²) in [5, 5.41) is 8.43. The summed E-state index contributed by atoms with van der Waals surface area (Å²) in [6, 6.07) is 9.78. The average molecular weight is 376 g/mol. The van der Waals surface area contributed by atoms with E-state index in [1.54, 1.807) is 28.4 Å². The van der Waals surface area contributed by atoms with E-state index in [2.05, 4.69) is 0 Å². The number of aliphatic carboxylic acids is 1. The Morgan fingerprint density at radius 1 is 0.852 bits per heavy atom. The summed E-state index contributed by atoms with van der Waals surface area (Å²) in [4.78, 5) is 10.2. The summed E-state index contributed by atoms with van der Waals surface area (Å²) >= 11 is 0. The first-order chi connectivity index (χ1) is 12.9. The fourth-order valence-electron chi connectivity index (χ4n) is 2.51. The van der Waals surface area contributed by atoms with Gasteiger partial charge in [0, 0.05) is 6.42 Å². The van der Waals surface area contributed by atoms with Crippen molar-refractivity contribution in [3.05, 3.63) is 47.0 Å². The summed E-state index contributed by atoms with van der Waals surface area (Å²) in [7, 11) is 6.31. The summed E-state index contributed by atoms with van der Waals surface area (Å²) in [6.45, 7) is 3.93. The molecule has 0 radical (unpaired) electrons. The van der Waals surface area contributed by atoms with E-state index in [0.717, 1.165) is 11.1 Å². The zero-order valence-corrected chi connectivity index (χ0v) is 16.8. The Kier molecular flexibility index (Phi) is 8.99. The van der Waals surface area contributed by atoms with Crippen molar-refractivity contribution >= 4 is 5.97 Å². The fourth-order valence-corrected chi connectivity index (χ4v) is 2.51. The van der Waals surface area contributed by atoms with E-state index >= 15 is 0 Å². The molecule has 0 aromatic heterocycles. The minimum absolute atomic E-state index is 0.211. The second-order valence-electron chi connectivity index (χ2n) is 5.87. The molecule has 0 atom stereocenters. The Morgan fingerprint density at radius 2 is 1.41 bits per heavy atom. The molecule has 0 aliphatic heterocycles. The SMILES string of the molecule is COc1cc(C)c(OC)c(OC)c1OC.Cc1ccc(CCC(=O)O)cc1. The standard InChI is InChI=1S/C11H16O4.C10H12O2/c1-7-6-8(12-2)10(14-4)11(15-5)9(7)13-3;1-8-2-4-9(5-3-8)6-7-10(11)12/h6H,1-5H3;2-5H,6-7H2,1H3,(H,11,12). The van der Waals surface area contributed by atoms with Crippen LogP contribution in [0.15, 0.2) is 30.3 Å². The second kappa shape index (κ2) is 11.0. The van der Waals surface area contributed by atoms with Crippen molar-refractivity contribution in [3.63, 3.8) is 0 Å². The van der Waals surface area contributed by atoms with Crippen LogP contribution in [0.3, 0.4) is 0 Å². The Morgan fingerprint density at radius 3 is 1.85 bits per heavy atom. The van der Waals surface area contributed by atoms with Gasteiger partial charge in [-0.25, -0.2) is 0 Å². The number of ether oxygens (including phenoxy) is 4. The summed E-state index contributed by atoms with van der Waals surface area (Å²) in [5.74, 6) is 1.65. The van der Waals surface area contributed by atoms with Gasteiger partial charge in [0.2, 0.25) is 11.5 Å². The van der Waals surface area contributed by atoms with E-state index in [-0.39, 0.29) is 6.42 Å². The van der Waals surface area contributed by atoms with Crippen LogP contribution in [0.5, 0.6) is 23.0 Å². The number of carboxylic acids is 1. The summed E-state index contributed by atoms with van der Waals surface area (Å²) in [5.41, 5.74) is 3.23. The molecule has 6 nitrogen and oxygen atoms in total. The molecule has 0 amide bonds. The molecule has 0 bridgehead atoms. The molecule has 0 spiro atoms. The Hall–Kier alpha value is -2.89. The zero-order chi connectivity index (χ0) is 20.4. The summed E-state index contributed by atoms with van der Waals surface area (Å²) < 4.78 is 20.9. The molecule has 2 aromatic carbocycles. The molecule has 0 saturated carbocycles. The maximum Gasteiger partial charge on any atom is 0.303 e. The van der Waals surface area contributed by atoms with Gasteiger partial charge in [-0.05, 0) is 37.5 Å². The van der Waals surface area contributed by atoms with Crippen LogP contribution in [0.2, 0.25) is 0 Å². The number of rotatable bonds is 7. The minimum atomic E-state index is -0.740. The third kappa shape index (κ3) is 6.40. The molecule has 0 fully saturated rings. The normalized spacial score (nSPS) is 9.70. The Labute approximate surface area is 160 Å². The van der Waals surface area contributed by atoms with Gasteiger partial charge < -0.3 is 24.1 Å². The molecule has 27 heavy (non-hydrogen) atoms. The first kappa shape index (κ1) is 22.2. The van der Waals surface area contributed by atoms with E-state index in [9.17, 15) is 4.79 Å². The predicted molar refractivity (Wildman–Crippen MR) is 105 cm³/mol. The van der Waals surface area contributed by atoms with Crippen molar-refractivity contribution in [2.75, 3.05) is 28.4 Å². The monoisotopic (exact) mass is 376 g/mol. The highest BCUT2D eigenvalue weighted by Gasteiger charge is 2.19. The van der Waals surface area contributed by atoms with Crippen LogP contribution in [0, 0.1) is 13.8 Å². The molecule has 0 heterocycles. The van der Waals surface area contributed by atoms with Crippen molar-refractivity contribution < 1.29 is 28.8 Å². The smallest absolute Gasteiger partial charge is 0.303 e.